The second kappa shape index (κ2) is 5.52. The number of nitrogens with zero attached hydrogens (tertiary/aromatic N) is 2. The fraction of sp³-hybridized carbons (Fsp3) is 0.556. The summed E-state index contributed by atoms with van der Waals surface area (Å²) in [6.45, 7) is 0. The quantitative estimate of drug-likeness (QED) is 0.529. The van der Waals surface area contributed by atoms with Gasteiger partial charge in [-0.05, 0) is 0 Å². The second-order valence-electron chi connectivity index (χ2n) is 4.66. The Kier molecular flexibility index (Phi) is 4.33. The number of halogens is 3. The Morgan fingerprint density at radius 1 is 1.55 bits per heavy atom. The van der Waals surface area contributed by atoms with Crippen molar-refractivity contribution in [3.63, 3.8) is 0 Å². The van der Waals surface area contributed by atoms with Gasteiger partial charge in [0.15, 0.2) is 0 Å². The zero-order valence-corrected chi connectivity index (χ0v) is 12.3. The molecule has 0 unspecified atom stereocenters. The first kappa shape index (κ1) is 17.3. The zero-order chi connectivity index (χ0) is 16.9. The maximum atomic E-state index is 14.0. The van der Waals surface area contributed by atoms with Crippen LogP contribution in [0.5, 0.6) is 0 Å². The van der Waals surface area contributed by atoms with Gasteiger partial charge in [-0.1, -0.05) is 11.6 Å². The fourth-order valence-corrected chi connectivity index (χ4v) is 2.88. The molecule has 1 fully saturated rings. The molecule has 22 heavy (non-hydrogen) atoms. The SMILES string of the molecule is Nc1nc(=O)n([C@@H]2O[C@H](CP(=O)(O)O)[C@@H](O)C2(F)F)cc1Cl. The number of nitrogen functional groups attached to an aromatic ring is 1. The highest BCUT2D eigenvalue weighted by atomic mass is 35.5. The summed E-state index contributed by atoms with van der Waals surface area (Å²) < 4.78 is 44.0. The number of aliphatic hydroxyl groups excluding tert-OH is 1. The lowest BCUT2D eigenvalue weighted by atomic mass is 10.1. The van der Waals surface area contributed by atoms with Crippen LogP contribution in [0.1, 0.15) is 6.23 Å². The Bertz CT molecular complexity index is 694. The molecule has 9 nitrogen and oxygen atoms in total. The molecule has 0 saturated carbocycles. The van der Waals surface area contributed by atoms with Crippen LogP contribution in [0.3, 0.4) is 0 Å². The highest BCUT2D eigenvalue weighted by Gasteiger charge is 2.60. The molecule has 5 N–H and O–H groups in total. The van der Waals surface area contributed by atoms with Crippen LogP contribution in [0.2, 0.25) is 5.02 Å². The number of nitrogens with two attached hydrogens (primary N) is 1. The normalized spacial score (nSPS) is 28.0. The molecule has 1 saturated heterocycles. The number of ether oxygens (including phenoxy) is 1. The molecule has 2 rings (SSSR count). The summed E-state index contributed by atoms with van der Waals surface area (Å²) in [5.74, 6) is -4.37. The van der Waals surface area contributed by atoms with Crippen LogP contribution in [0.25, 0.3) is 0 Å². The minimum atomic E-state index is -4.72. The third-order valence-electron chi connectivity index (χ3n) is 2.98. The van der Waals surface area contributed by atoms with Crippen molar-refractivity contribution in [3.05, 3.63) is 21.7 Å². The average Bonchev–Trinajstić information content (AvgIpc) is 2.56. The first-order valence-electron chi connectivity index (χ1n) is 5.73. The van der Waals surface area contributed by atoms with Crippen LogP contribution < -0.4 is 11.4 Å². The highest BCUT2D eigenvalue weighted by Crippen LogP contribution is 2.47. The van der Waals surface area contributed by atoms with Crippen LogP contribution in [0.4, 0.5) is 14.6 Å². The van der Waals surface area contributed by atoms with E-state index < -0.39 is 43.8 Å². The summed E-state index contributed by atoms with van der Waals surface area (Å²) in [4.78, 5) is 32.5. The first-order valence-corrected chi connectivity index (χ1v) is 7.91. The van der Waals surface area contributed by atoms with Crippen LogP contribution in [0.15, 0.2) is 11.0 Å². The summed E-state index contributed by atoms with van der Waals surface area (Å²) in [7, 11) is -4.72. The Morgan fingerprint density at radius 3 is 2.68 bits per heavy atom. The van der Waals surface area contributed by atoms with Gasteiger partial charge in [0.25, 0.3) is 0 Å². The highest BCUT2D eigenvalue weighted by molar-refractivity contribution is 7.51. The van der Waals surface area contributed by atoms with Gasteiger partial charge >= 0.3 is 19.2 Å². The number of rotatable bonds is 3. The van der Waals surface area contributed by atoms with Crippen LogP contribution in [0, 0.1) is 0 Å². The monoisotopic (exact) mass is 361 g/mol. The lowest BCUT2D eigenvalue weighted by Crippen LogP contribution is -2.41. The Balaban J connectivity index is 2.42. The predicted octanol–water partition coefficient (Wildman–Crippen LogP) is -0.450. The number of anilines is 1. The topological polar surface area (TPSA) is 148 Å². The number of aliphatic hydroxyl groups is 1. The van der Waals surface area contributed by atoms with E-state index in [1.54, 1.807) is 0 Å². The van der Waals surface area contributed by atoms with Crippen LogP contribution >= 0.6 is 19.2 Å². The van der Waals surface area contributed by atoms with Gasteiger partial charge in [-0.2, -0.15) is 13.8 Å². The predicted molar refractivity (Wildman–Crippen MR) is 69.7 cm³/mol. The standard InChI is InChI=1S/C9H11ClF2N3O6P/c10-3-1-15(8(17)14-6(3)13)7-9(11,12)5(16)4(21-7)2-22(18,19)20/h1,4-5,7,16H,2H2,(H2,13,14,17)(H2,18,19,20)/t4-,5-,7-/m1/s1. The smallest absolute Gasteiger partial charge is 0.351 e. The van der Waals surface area contributed by atoms with Crippen LogP contribution in [-0.4, -0.2) is 48.7 Å². The third-order valence-corrected chi connectivity index (χ3v) is 4.11. The van der Waals surface area contributed by atoms with Gasteiger partial charge in [0.2, 0.25) is 6.23 Å². The van der Waals surface area contributed by atoms with E-state index in [4.69, 9.17) is 31.9 Å². The van der Waals surface area contributed by atoms with Crippen molar-refractivity contribution in [2.75, 3.05) is 11.9 Å². The Morgan fingerprint density at radius 2 is 2.14 bits per heavy atom. The molecule has 0 bridgehead atoms. The molecule has 0 amide bonds. The van der Waals surface area contributed by atoms with E-state index >= 15 is 0 Å². The summed E-state index contributed by atoms with van der Waals surface area (Å²) >= 11 is 5.60. The van der Waals surface area contributed by atoms with E-state index in [1.165, 1.54) is 0 Å². The van der Waals surface area contributed by atoms with Gasteiger partial charge in [0.05, 0.1) is 11.2 Å². The molecule has 0 spiro atoms. The lowest BCUT2D eigenvalue weighted by molar-refractivity contribution is -0.140. The number of hydrogen-bond acceptors (Lipinski definition) is 6. The van der Waals surface area contributed by atoms with Gasteiger partial charge in [0, 0.05) is 6.20 Å². The minimum absolute atomic E-state index is 0.299. The molecule has 13 heteroatoms. The van der Waals surface area contributed by atoms with Crippen molar-refractivity contribution in [2.45, 2.75) is 24.4 Å². The molecule has 1 aromatic rings. The summed E-state index contributed by atoms with van der Waals surface area (Å²) in [6, 6.07) is 0. The molecule has 1 aromatic heterocycles. The zero-order valence-electron chi connectivity index (χ0n) is 10.6. The van der Waals surface area contributed by atoms with Crippen molar-refractivity contribution >= 4 is 25.0 Å². The van der Waals surface area contributed by atoms with E-state index in [0.717, 1.165) is 6.20 Å². The van der Waals surface area contributed by atoms with E-state index in [0.29, 0.717) is 4.57 Å². The van der Waals surface area contributed by atoms with Gasteiger partial charge < -0.3 is 25.4 Å². The second-order valence-corrected chi connectivity index (χ2v) is 6.76. The Hall–Kier alpha value is -1.10. The summed E-state index contributed by atoms with van der Waals surface area (Å²) in [5.41, 5.74) is 4.04. The van der Waals surface area contributed by atoms with Gasteiger partial charge in [0.1, 0.15) is 18.0 Å². The molecule has 2 heterocycles. The first-order chi connectivity index (χ1) is 9.93. The molecule has 124 valence electrons. The van der Waals surface area contributed by atoms with Crippen molar-refractivity contribution in [1.29, 1.82) is 0 Å². The van der Waals surface area contributed by atoms with Crippen molar-refractivity contribution < 1.29 is 33.0 Å². The summed E-state index contributed by atoms with van der Waals surface area (Å²) in [5, 5.41) is 9.22. The molecule has 1 aliphatic rings. The maximum Gasteiger partial charge on any atom is 0.351 e. The van der Waals surface area contributed by atoms with E-state index in [2.05, 4.69) is 4.98 Å². The maximum absolute atomic E-state index is 14.0. The molecule has 1 aliphatic heterocycles. The minimum Gasteiger partial charge on any atom is -0.384 e. The number of alkyl halides is 2. The molecule has 0 aromatic carbocycles. The molecule has 0 aliphatic carbocycles. The molecular formula is C9H11ClF2N3O6P. The van der Waals surface area contributed by atoms with E-state index in [9.17, 15) is 23.2 Å². The van der Waals surface area contributed by atoms with Crippen molar-refractivity contribution in [3.8, 4) is 0 Å². The lowest BCUT2D eigenvalue weighted by Gasteiger charge is -2.21. The number of hydrogen-bond donors (Lipinski definition) is 4. The van der Waals surface area contributed by atoms with E-state index in [1.807, 2.05) is 0 Å². The van der Waals surface area contributed by atoms with Crippen LogP contribution in [-0.2, 0) is 9.30 Å². The third kappa shape index (κ3) is 3.14. The fourth-order valence-electron chi connectivity index (χ4n) is 1.98. The number of aromatic nitrogens is 2. The van der Waals surface area contributed by atoms with Gasteiger partial charge in [-0.25, -0.2) is 4.79 Å². The largest absolute Gasteiger partial charge is 0.384 e. The summed E-state index contributed by atoms with van der Waals surface area (Å²) in [6.07, 6.45) is -7.10. The molecule has 0 radical (unpaired) electrons. The average molecular weight is 362 g/mol. The Labute approximate surface area is 126 Å². The molecule has 3 atom stereocenters. The van der Waals surface area contributed by atoms with Crippen molar-refractivity contribution in [2.24, 2.45) is 0 Å². The van der Waals surface area contributed by atoms with Gasteiger partial charge in [-0.15, -0.1) is 0 Å². The van der Waals surface area contributed by atoms with E-state index in [-0.39, 0.29) is 10.8 Å². The van der Waals surface area contributed by atoms with Gasteiger partial charge in [-0.3, -0.25) is 9.13 Å². The molecular weight excluding hydrogens is 351 g/mol. The van der Waals surface area contributed by atoms with Crippen molar-refractivity contribution in [1.82, 2.24) is 9.55 Å².